The van der Waals surface area contributed by atoms with Gasteiger partial charge in [-0.25, -0.2) is 24.9 Å². The fourth-order valence-electron chi connectivity index (χ4n) is 1.88. The number of halogens is 5. The molecule has 11 heteroatoms. The number of rotatable bonds is 3. The van der Waals surface area contributed by atoms with Gasteiger partial charge in [0.15, 0.2) is 11.5 Å². The van der Waals surface area contributed by atoms with Gasteiger partial charge in [-0.05, 0) is 0 Å². The molecule has 3 aromatic rings. The van der Waals surface area contributed by atoms with Crippen molar-refractivity contribution in [1.29, 1.82) is 0 Å². The summed E-state index contributed by atoms with van der Waals surface area (Å²) in [5, 5.41) is 0.443. The number of nitrogens with zero attached hydrogens (tertiary/aromatic N) is 6. The van der Waals surface area contributed by atoms with Gasteiger partial charge in [0.25, 0.3) is 0 Å². The van der Waals surface area contributed by atoms with Crippen LogP contribution in [0.1, 0.15) is 11.5 Å². The Morgan fingerprint density at radius 2 is 1.67 bits per heavy atom. The Morgan fingerprint density at radius 3 is 2.25 bits per heavy atom. The molecule has 0 saturated heterocycles. The predicted molar refractivity (Wildman–Crippen MR) is 79.4 cm³/mol. The third-order valence-electron chi connectivity index (χ3n) is 2.90. The minimum atomic E-state index is -4.60. The van der Waals surface area contributed by atoms with Gasteiger partial charge in [0.1, 0.15) is 16.7 Å². The van der Waals surface area contributed by atoms with E-state index in [1.165, 1.54) is 29.4 Å². The number of hydrogen-bond acceptors (Lipinski definition) is 5. The minimum Gasteiger partial charge on any atom is -0.321 e. The third kappa shape index (κ3) is 3.62. The molecule has 0 bridgehead atoms. The molecule has 0 fully saturated rings. The van der Waals surface area contributed by atoms with Crippen LogP contribution in [0, 0.1) is 0 Å². The first-order valence-electron chi connectivity index (χ1n) is 6.41. The highest BCUT2D eigenvalue weighted by Crippen LogP contribution is 2.30. The molecule has 3 heterocycles. The van der Waals surface area contributed by atoms with Crippen LogP contribution in [-0.4, -0.2) is 29.5 Å². The van der Waals surface area contributed by atoms with E-state index in [1.54, 1.807) is 0 Å². The maximum Gasteiger partial charge on any atom is 0.434 e. The highest BCUT2D eigenvalue weighted by Gasteiger charge is 2.35. The molecule has 3 rings (SSSR count). The zero-order chi connectivity index (χ0) is 17.3. The zero-order valence-corrected chi connectivity index (χ0v) is 13.2. The molecule has 0 N–H and O–H groups in total. The Hall–Kier alpha value is -2.26. The van der Waals surface area contributed by atoms with Crippen molar-refractivity contribution in [3.63, 3.8) is 0 Å². The van der Waals surface area contributed by atoms with Crippen LogP contribution in [0.25, 0.3) is 11.5 Å². The van der Waals surface area contributed by atoms with Gasteiger partial charge in [-0.15, -0.1) is 0 Å². The van der Waals surface area contributed by atoms with Crippen LogP contribution in [0.5, 0.6) is 0 Å². The standard InChI is InChI=1S/C13H7Cl2F3N6/c14-7-1-21-11(22-2-7)6-24-5-9(13(16,17)18)23-12(24)8-3-20-10(15)4-19-8/h1-5H,6H2. The Morgan fingerprint density at radius 1 is 0.958 bits per heavy atom. The lowest BCUT2D eigenvalue weighted by Gasteiger charge is -2.06. The minimum absolute atomic E-state index is 0.0231. The van der Waals surface area contributed by atoms with Crippen molar-refractivity contribution in [3.05, 3.63) is 52.7 Å². The summed E-state index contributed by atoms with van der Waals surface area (Å²) in [7, 11) is 0. The maximum absolute atomic E-state index is 13.0. The summed E-state index contributed by atoms with van der Waals surface area (Å²) in [5.74, 6) is 0.249. The number of alkyl halides is 3. The average Bonchev–Trinajstić information content (AvgIpc) is 2.94. The normalized spacial score (nSPS) is 11.7. The second kappa shape index (κ2) is 6.33. The van der Waals surface area contributed by atoms with Crippen molar-refractivity contribution in [2.24, 2.45) is 0 Å². The van der Waals surface area contributed by atoms with Crippen molar-refractivity contribution >= 4 is 23.2 Å². The summed E-state index contributed by atoms with van der Waals surface area (Å²) in [6.07, 6.45) is 1.44. The second-order valence-electron chi connectivity index (χ2n) is 4.62. The van der Waals surface area contributed by atoms with Gasteiger partial charge < -0.3 is 4.57 Å². The van der Waals surface area contributed by atoms with E-state index in [0.29, 0.717) is 5.02 Å². The first-order valence-corrected chi connectivity index (χ1v) is 7.17. The van der Waals surface area contributed by atoms with E-state index in [-0.39, 0.29) is 29.0 Å². The van der Waals surface area contributed by atoms with E-state index in [4.69, 9.17) is 23.2 Å². The van der Waals surface area contributed by atoms with Crippen molar-refractivity contribution in [2.45, 2.75) is 12.7 Å². The van der Waals surface area contributed by atoms with E-state index in [0.717, 1.165) is 6.20 Å². The van der Waals surface area contributed by atoms with Gasteiger partial charge in [-0.2, -0.15) is 13.2 Å². The summed E-state index contributed by atoms with van der Waals surface area (Å²) in [6, 6.07) is 0. The number of imidazole rings is 1. The largest absolute Gasteiger partial charge is 0.434 e. The van der Waals surface area contributed by atoms with Crippen LogP contribution < -0.4 is 0 Å². The van der Waals surface area contributed by atoms with Crippen molar-refractivity contribution in [1.82, 2.24) is 29.5 Å². The molecule has 0 saturated carbocycles. The highest BCUT2D eigenvalue weighted by atomic mass is 35.5. The second-order valence-corrected chi connectivity index (χ2v) is 5.44. The molecule has 0 spiro atoms. The Labute approximate surface area is 143 Å². The Kier molecular flexibility index (Phi) is 4.37. The molecular formula is C13H7Cl2F3N6. The molecule has 3 aromatic heterocycles. The van der Waals surface area contributed by atoms with Crippen LogP contribution in [0.2, 0.25) is 10.2 Å². The molecule has 0 radical (unpaired) electrons. The quantitative estimate of drug-likeness (QED) is 0.701. The van der Waals surface area contributed by atoms with Gasteiger partial charge in [-0.1, -0.05) is 23.2 Å². The SMILES string of the molecule is FC(F)(F)c1cn(Cc2ncc(Cl)cn2)c(-c2cnc(Cl)cn2)n1. The topological polar surface area (TPSA) is 69.4 Å². The van der Waals surface area contributed by atoms with Crippen LogP contribution in [0.4, 0.5) is 13.2 Å². The fraction of sp³-hybridized carbons (Fsp3) is 0.154. The lowest BCUT2D eigenvalue weighted by atomic mass is 10.4. The summed E-state index contributed by atoms with van der Waals surface area (Å²) in [5.41, 5.74) is -0.910. The monoisotopic (exact) mass is 374 g/mol. The summed E-state index contributed by atoms with van der Waals surface area (Å²) in [4.78, 5) is 19.3. The van der Waals surface area contributed by atoms with E-state index in [2.05, 4.69) is 24.9 Å². The van der Waals surface area contributed by atoms with Gasteiger partial charge in [0.2, 0.25) is 0 Å². The number of aromatic nitrogens is 6. The van der Waals surface area contributed by atoms with Crippen LogP contribution >= 0.6 is 23.2 Å². The Bertz CT molecular complexity index is 846. The van der Waals surface area contributed by atoms with Gasteiger partial charge in [-0.3, -0.25) is 0 Å². The summed E-state index contributed by atoms with van der Waals surface area (Å²) in [6.45, 7) is -0.0418. The van der Waals surface area contributed by atoms with Crippen molar-refractivity contribution in [2.75, 3.05) is 0 Å². The zero-order valence-electron chi connectivity index (χ0n) is 11.7. The van der Waals surface area contributed by atoms with Gasteiger partial charge in [0.05, 0.1) is 24.0 Å². The number of hydrogen-bond donors (Lipinski definition) is 0. The highest BCUT2D eigenvalue weighted by molar-refractivity contribution is 6.30. The summed E-state index contributed by atoms with van der Waals surface area (Å²) < 4.78 is 40.2. The lowest BCUT2D eigenvalue weighted by molar-refractivity contribution is -0.140. The van der Waals surface area contributed by atoms with Crippen molar-refractivity contribution in [3.8, 4) is 11.5 Å². The smallest absolute Gasteiger partial charge is 0.321 e. The van der Waals surface area contributed by atoms with E-state index >= 15 is 0 Å². The van der Waals surface area contributed by atoms with E-state index in [1.807, 2.05) is 0 Å². The third-order valence-corrected chi connectivity index (χ3v) is 3.29. The maximum atomic E-state index is 13.0. The molecule has 0 aromatic carbocycles. The van der Waals surface area contributed by atoms with Gasteiger partial charge >= 0.3 is 6.18 Å². The average molecular weight is 375 g/mol. The summed E-state index contributed by atoms with van der Waals surface area (Å²) >= 11 is 11.3. The van der Waals surface area contributed by atoms with Crippen LogP contribution in [-0.2, 0) is 12.7 Å². The molecule has 6 nitrogen and oxygen atoms in total. The molecule has 124 valence electrons. The first kappa shape index (κ1) is 16.6. The first-order chi connectivity index (χ1) is 11.3. The molecule has 0 unspecified atom stereocenters. The molecule has 0 atom stereocenters. The van der Waals surface area contributed by atoms with Crippen LogP contribution in [0.3, 0.4) is 0 Å². The Balaban J connectivity index is 2.04. The molecule has 0 aliphatic carbocycles. The predicted octanol–water partition coefficient (Wildman–Crippen LogP) is 3.50. The van der Waals surface area contributed by atoms with Crippen LogP contribution in [0.15, 0.2) is 31.0 Å². The molecule has 24 heavy (non-hydrogen) atoms. The molecule has 0 aliphatic rings. The lowest BCUT2D eigenvalue weighted by Crippen LogP contribution is -2.06. The van der Waals surface area contributed by atoms with Gasteiger partial charge in [0, 0.05) is 18.6 Å². The van der Waals surface area contributed by atoms with Crippen molar-refractivity contribution < 1.29 is 13.2 Å². The van der Waals surface area contributed by atoms with E-state index in [9.17, 15) is 13.2 Å². The van der Waals surface area contributed by atoms with E-state index < -0.39 is 11.9 Å². The molecular weight excluding hydrogens is 368 g/mol. The molecule has 0 aliphatic heterocycles. The molecule has 0 amide bonds. The fourth-order valence-corrected chi connectivity index (χ4v) is 2.07.